The van der Waals surface area contributed by atoms with Gasteiger partial charge >= 0.3 is 0 Å². The summed E-state index contributed by atoms with van der Waals surface area (Å²) in [5.41, 5.74) is 6.23. The first-order valence-electron chi connectivity index (χ1n) is 6.28. The summed E-state index contributed by atoms with van der Waals surface area (Å²) < 4.78 is 2.08. The Hall–Kier alpha value is -0.880. The van der Waals surface area contributed by atoms with Crippen molar-refractivity contribution >= 4 is 21.6 Å². The first-order chi connectivity index (χ1) is 8.61. The standard InChI is InChI=1S/C12H21BrN4O/c1-3-4-8-17-12(18)11(13)10(9-15-17)16(2)7-5-6-14/h9H,3-8,14H2,1-2H3. The lowest BCUT2D eigenvalue weighted by atomic mass is 10.3. The Morgan fingerprint density at radius 3 is 2.83 bits per heavy atom. The molecule has 0 fully saturated rings. The van der Waals surface area contributed by atoms with Gasteiger partial charge in [0.05, 0.1) is 11.9 Å². The Morgan fingerprint density at radius 1 is 1.50 bits per heavy atom. The average molecular weight is 317 g/mol. The second-order valence-electron chi connectivity index (χ2n) is 4.29. The van der Waals surface area contributed by atoms with Gasteiger partial charge in [-0.3, -0.25) is 4.79 Å². The van der Waals surface area contributed by atoms with Gasteiger partial charge in [-0.2, -0.15) is 5.10 Å². The van der Waals surface area contributed by atoms with Crippen LogP contribution in [0, 0.1) is 0 Å². The molecule has 0 aliphatic heterocycles. The van der Waals surface area contributed by atoms with E-state index in [0.717, 1.165) is 31.5 Å². The van der Waals surface area contributed by atoms with E-state index in [1.165, 1.54) is 4.68 Å². The van der Waals surface area contributed by atoms with Crippen LogP contribution in [0.1, 0.15) is 26.2 Å². The fourth-order valence-corrected chi connectivity index (χ4v) is 2.25. The van der Waals surface area contributed by atoms with Crippen molar-refractivity contribution in [1.82, 2.24) is 9.78 Å². The first-order valence-corrected chi connectivity index (χ1v) is 7.08. The molecule has 18 heavy (non-hydrogen) atoms. The fourth-order valence-electron chi connectivity index (χ4n) is 1.64. The van der Waals surface area contributed by atoms with Crippen LogP contribution in [0.3, 0.4) is 0 Å². The zero-order valence-corrected chi connectivity index (χ0v) is 12.6. The quantitative estimate of drug-likeness (QED) is 0.829. The maximum absolute atomic E-state index is 12.1. The van der Waals surface area contributed by atoms with E-state index in [1.807, 2.05) is 11.9 Å². The molecule has 6 heteroatoms. The van der Waals surface area contributed by atoms with E-state index in [9.17, 15) is 4.79 Å². The van der Waals surface area contributed by atoms with Gasteiger partial charge in [0.2, 0.25) is 0 Å². The largest absolute Gasteiger partial charge is 0.372 e. The van der Waals surface area contributed by atoms with Crippen LogP contribution in [-0.4, -0.2) is 29.9 Å². The lowest BCUT2D eigenvalue weighted by Crippen LogP contribution is -2.28. The number of aryl methyl sites for hydroxylation is 1. The van der Waals surface area contributed by atoms with Gasteiger partial charge in [-0.05, 0) is 35.3 Å². The Kier molecular flexibility index (Phi) is 6.35. The SMILES string of the molecule is CCCCn1ncc(N(C)CCCN)c(Br)c1=O. The predicted molar refractivity (Wildman–Crippen MR) is 78.0 cm³/mol. The lowest BCUT2D eigenvalue weighted by Gasteiger charge is -2.20. The summed E-state index contributed by atoms with van der Waals surface area (Å²) in [5.74, 6) is 0. The number of aromatic nitrogens is 2. The Bertz CT molecular complexity index is 433. The molecule has 5 nitrogen and oxygen atoms in total. The van der Waals surface area contributed by atoms with Crippen molar-refractivity contribution in [3.63, 3.8) is 0 Å². The van der Waals surface area contributed by atoms with Crippen molar-refractivity contribution in [2.24, 2.45) is 5.73 Å². The first kappa shape index (κ1) is 15.2. The van der Waals surface area contributed by atoms with Crippen LogP contribution in [0.15, 0.2) is 15.5 Å². The maximum Gasteiger partial charge on any atom is 0.283 e. The average Bonchev–Trinajstić information content (AvgIpc) is 2.37. The number of unbranched alkanes of at least 4 members (excludes halogenated alkanes) is 1. The molecule has 0 saturated heterocycles. The Morgan fingerprint density at radius 2 is 2.22 bits per heavy atom. The lowest BCUT2D eigenvalue weighted by molar-refractivity contribution is 0.540. The van der Waals surface area contributed by atoms with E-state index in [4.69, 9.17) is 5.73 Å². The highest BCUT2D eigenvalue weighted by atomic mass is 79.9. The fraction of sp³-hybridized carbons (Fsp3) is 0.667. The van der Waals surface area contributed by atoms with E-state index < -0.39 is 0 Å². The van der Waals surface area contributed by atoms with Crippen molar-refractivity contribution in [3.8, 4) is 0 Å². The molecular weight excluding hydrogens is 296 g/mol. The summed E-state index contributed by atoms with van der Waals surface area (Å²) in [4.78, 5) is 14.1. The molecular formula is C12H21BrN4O. The number of anilines is 1. The molecule has 2 N–H and O–H groups in total. The van der Waals surface area contributed by atoms with Gasteiger partial charge in [0.1, 0.15) is 4.47 Å². The maximum atomic E-state index is 12.1. The smallest absolute Gasteiger partial charge is 0.283 e. The molecule has 0 unspecified atom stereocenters. The third kappa shape index (κ3) is 3.81. The summed E-state index contributed by atoms with van der Waals surface area (Å²) in [7, 11) is 1.94. The third-order valence-corrected chi connectivity index (χ3v) is 3.54. The summed E-state index contributed by atoms with van der Waals surface area (Å²) >= 11 is 3.37. The van der Waals surface area contributed by atoms with Gasteiger partial charge in [0.25, 0.3) is 5.56 Å². The minimum Gasteiger partial charge on any atom is -0.372 e. The van der Waals surface area contributed by atoms with Crippen LogP contribution in [-0.2, 0) is 6.54 Å². The number of hydrogen-bond acceptors (Lipinski definition) is 4. The van der Waals surface area contributed by atoms with Crippen molar-refractivity contribution in [3.05, 3.63) is 21.0 Å². The number of rotatable bonds is 7. The summed E-state index contributed by atoms with van der Waals surface area (Å²) in [6, 6.07) is 0. The number of halogens is 1. The number of nitrogens with zero attached hydrogens (tertiary/aromatic N) is 3. The van der Waals surface area contributed by atoms with E-state index in [-0.39, 0.29) is 5.56 Å². The topological polar surface area (TPSA) is 64.2 Å². The monoisotopic (exact) mass is 316 g/mol. The molecule has 0 aliphatic rings. The Balaban J connectivity index is 2.89. The third-order valence-electron chi connectivity index (χ3n) is 2.80. The molecule has 0 aliphatic carbocycles. The van der Waals surface area contributed by atoms with Crippen LogP contribution in [0.2, 0.25) is 0 Å². The summed E-state index contributed by atoms with van der Waals surface area (Å²) in [6.45, 7) is 4.22. The van der Waals surface area contributed by atoms with Crippen LogP contribution in [0.25, 0.3) is 0 Å². The molecule has 0 atom stereocenters. The van der Waals surface area contributed by atoms with Crippen molar-refractivity contribution in [2.75, 3.05) is 25.0 Å². The number of nitrogens with two attached hydrogens (primary N) is 1. The predicted octanol–water partition coefficient (Wildman–Crippen LogP) is 1.59. The molecule has 0 aromatic carbocycles. The molecule has 1 aromatic rings. The van der Waals surface area contributed by atoms with Crippen LogP contribution >= 0.6 is 15.9 Å². The molecule has 102 valence electrons. The molecule has 1 rings (SSSR count). The van der Waals surface area contributed by atoms with Crippen molar-refractivity contribution < 1.29 is 0 Å². The van der Waals surface area contributed by atoms with Gasteiger partial charge in [0, 0.05) is 20.1 Å². The van der Waals surface area contributed by atoms with Gasteiger partial charge in [-0.25, -0.2) is 4.68 Å². The summed E-state index contributed by atoms with van der Waals surface area (Å²) in [6.07, 6.45) is 4.63. The van der Waals surface area contributed by atoms with Crippen LogP contribution < -0.4 is 16.2 Å². The molecule has 0 saturated carbocycles. The van der Waals surface area contributed by atoms with Gasteiger partial charge in [-0.1, -0.05) is 13.3 Å². The minimum absolute atomic E-state index is 0.0689. The summed E-state index contributed by atoms with van der Waals surface area (Å²) in [5, 5.41) is 4.21. The second-order valence-corrected chi connectivity index (χ2v) is 5.08. The normalized spacial score (nSPS) is 10.7. The van der Waals surface area contributed by atoms with Crippen molar-refractivity contribution in [1.29, 1.82) is 0 Å². The molecule has 0 spiro atoms. The molecule has 0 radical (unpaired) electrons. The highest BCUT2D eigenvalue weighted by Gasteiger charge is 2.11. The molecule has 0 amide bonds. The Labute approximate surface area is 116 Å². The second kappa shape index (κ2) is 7.53. The zero-order valence-electron chi connectivity index (χ0n) is 11.0. The van der Waals surface area contributed by atoms with E-state index >= 15 is 0 Å². The molecule has 1 heterocycles. The van der Waals surface area contributed by atoms with E-state index in [2.05, 4.69) is 28.0 Å². The van der Waals surface area contributed by atoms with Gasteiger partial charge < -0.3 is 10.6 Å². The van der Waals surface area contributed by atoms with E-state index in [1.54, 1.807) is 6.20 Å². The zero-order chi connectivity index (χ0) is 13.5. The van der Waals surface area contributed by atoms with E-state index in [0.29, 0.717) is 17.6 Å². The van der Waals surface area contributed by atoms with Gasteiger partial charge in [-0.15, -0.1) is 0 Å². The van der Waals surface area contributed by atoms with Gasteiger partial charge in [0.15, 0.2) is 0 Å². The van der Waals surface area contributed by atoms with Crippen LogP contribution in [0.5, 0.6) is 0 Å². The number of hydrogen-bond donors (Lipinski definition) is 1. The minimum atomic E-state index is -0.0689. The molecule has 0 bridgehead atoms. The molecule has 1 aromatic heterocycles. The highest BCUT2D eigenvalue weighted by Crippen LogP contribution is 2.20. The van der Waals surface area contributed by atoms with Crippen LogP contribution in [0.4, 0.5) is 5.69 Å². The van der Waals surface area contributed by atoms with Crippen molar-refractivity contribution in [2.45, 2.75) is 32.7 Å². The highest BCUT2D eigenvalue weighted by molar-refractivity contribution is 9.10.